The Morgan fingerprint density at radius 2 is 1.36 bits per heavy atom. The summed E-state index contributed by atoms with van der Waals surface area (Å²) >= 11 is 5.94. The lowest BCUT2D eigenvalue weighted by Crippen LogP contribution is -2.41. The molecule has 0 heterocycles. The molecule has 36 heavy (non-hydrogen) atoms. The Labute approximate surface area is 215 Å². The molecule has 4 aromatic rings. The van der Waals surface area contributed by atoms with Crippen LogP contribution in [0.3, 0.4) is 0 Å². The van der Waals surface area contributed by atoms with E-state index in [2.05, 4.69) is 10.0 Å². The van der Waals surface area contributed by atoms with Crippen molar-refractivity contribution in [3.63, 3.8) is 0 Å². The first-order chi connectivity index (χ1) is 17.4. The number of sulfonamides is 1. The lowest BCUT2D eigenvalue weighted by atomic mass is 10.2. The van der Waals surface area contributed by atoms with Crippen molar-refractivity contribution in [1.82, 2.24) is 4.72 Å². The molecule has 0 atom stereocenters. The molecule has 0 aliphatic carbocycles. The number of para-hydroxylation sites is 1. The third kappa shape index (κ3) is 6.85. The van der Waals surface area contributed by atoms with Gasteiger partial charge < -0.3 is 10.1 Å². The van der Waals surface area contributed by atoms with Gasteiger partial charge in [0, 0.05) is 29.5 Å². The number of rotatable bonds is 9. The number of benzene rings is 4. The number of ether oxygens (including phenoxy) is 1. The molecule has 0 fully saturated rings. The SMILES string of the molecule is O=C(Nc1ccc(Cl)cc1)N(CCNS(=O)(=O)c1ccccc1)c1ccc(Oc2ccccc2)cc1. The van der Waals surface area contributed by atoms with Crippen LogP contribution in [0, 0.1) is 0 Å². The molecule has 4 aromatic carbocycles. The summed E-state index contributed by atoms with van der Waals surface area (Å²) < 4.78 is 33.6. The molecule has 4 rings (SSSR count). The Bertz CT molecular complexity index is 1380. The van der Waals surface area contributed by atoms with Gasteiger partial charge in [-0.2, -0.15) is 0 Å². The van der Waals surface area contributed by atoms with Gasteiger partial charge in [0.05, 0.1) is 4.90 Å². The van der Waals surface area contributed by atoms with Gasteiger partial charge in [-0.05, 0) is 72.8 Å². The fourth-order valence-corrected chi connectivity index (χ4v) is 4.53. The van der Waals surface area contributed by atoms with Crippen molar-refractivity contribution in [3.8, 4) is 11.5 Å². The first-order valence-corrected chi connectivity index (χ1v) is 13.0. The largest absolute Gasteiger partial charge is 0.457 e. The second-order valence-corrected chi connectivity index (χ2v) is 9.91. The van der Waals surface area contributed by atoms with Crippen molar-refractivity contribution < 1.29 is 17.9 Å². The van der Waals surface area contributed by atoms with E-state index in [4.69, 9.17) is 16.3 Å². The lowest BCUT2D eigenvalue weighted by molar-refractivity contribution is 0.257. The number of nitrogens with zero attached hydrogens (tertiary/aromatic N) is 1. The Balaban J connectivity index is 1.50. The fraction of sp³-hybridized carbons (Fsp3) is 0.0741. The molecule has 0 saturated carbocycles. The highest BCUT2D eigenvalue weighted by atomic mass is 35.5. The molecule has 0 aliphatic heterocycles. The highest BCUT2D eigenvalue weighted by molar-refractivity contribution is 7.89. The number of hydrogen-bond acceptors (Lipinski definition) is 4. The van der Waals surface area contributed by atoms with Crippen LogP contribution in [0.4, 0.5) is 16.2 Å². The second-order valence-electron chi connectivity index (χ2n) is 7.71. The van der Waals surface area contributed by atoms with Crippen molar-refractivity contribution in [2.75, 3.05) is 23.3 Å². The maximum Gasteiger partial charge on any atom is 0.326 e. The lowest BCUT2D eigenvalue weighted by Gasteiger charge is -2.24. The molecule has 7 nitrogen and oxygen atoms in total. The highest BCUT2D eigenvalue weighted by Gasteiger charge is 2.19. The monoisotopic (exact) mass is 521 g/mol. The maximum atomic E-state index is 13.2. The van der Waals surface area contributed by atoms with E-state index in [0.717, 1.165) is 0 Å². The van der Waals surface area contributed by atoms with Crippen molar-refractivity contribution in [1.29, 1.82) is 0 Å². The summed E-state index contributed by atoms with van der Waals surface area (Å²) in [5.74, 6) is 1.30. The molecule has 0 unspecified atom stereocenters. The average Bonchev–Trinajstić information content (AvgIpc) is 2.90. The van der Waals surface area contributed by atoms with Gasteiger partial charge in [-0.1, -0.05) is 48.0 Å². The Morgan fingerprint density at radius 1 is 0.778 bits per heavy atom. The molecular weight excluding hydrogens is 498 g/mol. The van der Waals surface area contributed by atoms with Gasteiger partial charge in [-0.15, -0.1) is 0 Å². The molecule has 0 bridgehead atoms. The van der Waals surface area contributed by atoms with Crippen LogP contribution in [0.1, 0.15) is 0 Å². The molecular formula is C27H24ClN3O4S. The van der Waals surface area contributed by atoms with Gasteiger partial charge in [0.25, 0.3) is 0 Å². The zero-order valence-corrected chi connectivity index (χ0v) is 20.7. The summed E-state index contributed by atoms with van der Waals surface area (Å²) in [6, 6.07) is 30.7. The number of hydrogen-bond donors (Lipinski definition) is 2. The maximum absolute atomic E-state index is 13.2. The molecule has 184 valence electrons. The average molecular weight is 522 g/mol. The number of carbonyl (C=O) groups is 1. The topological polar surface area (TPSA) is 87.7 Å². The number of nitrogens with one attached hydrogen (secondary N) is 2. The summed E-state index contributed by atoms with van der Waals surface area (Å²) in [4.78, 5) is 14.8. The smallest absolute Gasteiger partial charge is 0.326 e. The number of urea groups is 1. The minimum atomic E-state index is -3.71. The van der Waals surface area contributed by atoms with Crippen molar-refractivity contribution in [2.24, 2.45) is 0 Å². The molecule has 2 N–H and O–H groups in total. The van der Waals surface area contributed by atoms with E-state index in [9.17, 15) is 13.2 Å². The van der Waals surface area contributed by atoms with Crippen LogP contribution in [0.15, 0.2) is 114 Å². The Morgan fingerprint density at radius 3 is 2.00 bits per heavy atom. The van der Waals surface area contributed by atoms with Gasteiger partial charge in [0.1, 0.15) is 11.5 Å². The van der Waals surface area contributed by atoms with Crippen LogP contribution in [0.25, 0.3) is 0 Å². The molecule has 0 aliphatic rings. The van der Waals surface area contributed by atoms with E-state index in [-0.39, 0.29) is 18.0 Å². The number of carbonyl (C=O) groups excluding carboxylic acids is 1. The van der Waals surface area contributed by atoms with E-state index in [0.29, 0.717) is 27.9 Å². The van der Waals surface area contributed by atoms with Gasteiger partial charge in [0.2, 0.25) is 10.0 Å². The van der Waals surface area contributed by atoms with E-state index in [1.165, 1.54) is 17.0 Å². The van der Waals surface area contributed by atoms with Crippen LogP contribution >= 0.6 is 11.6 Å². The normalized spacial score (nSPS) is 11.0. The molecule has 0 saturated heterocycles. The summed E-state index contributed by atoms with van der Waals surface area (Å²) in [5, 5.41) is 3.37. The van der Waals surface area contributed by atoms with E-state index < -0.39 is 16.1 Å². The standard InChI is InChI=1S/C27H24ClN3O4S/c28-21-11-13-22(14-12-21)30-27(32)31(20-19-29-36(33,34)26-9-5-2-6-10-26)23-15-17-25(18-16-23)35-24-7-3-1-4-8-24/h1-18,29H,19-20H2,(H,30,32). The summed E-state index contributed by atoms with van der Waals surface area (Å²) in [6.07, 6.45) is 0. The second kappa shape index (κ2) is 11.7. The fourth-order valence-electron chi connectivity index (χ4n) is 3.37. The number of anilines is 2. The van der Waals surface area contributed by atoms with E-state index in [1.807, 2.05) is 30.3 Å². The third-order valence-electron chi connectivity index (χ3n) is 5.15. The zero-order chi connectivity index (χ0) is 25.4. The first-order valence-electron chi connectivity index (χ1n) is 11.1. The number of amides is 2. The summed E-state index contributed by atoms with van der Waals surface area (Å²) in [7, 11) is -3.71. The molecule has 0 spiro atoms. The van der Waals surface area contributed by atoms with Crippen molar-refractivity contribution >= 4 is 39.0 Å². The van der Waals surface area contributed by atoms with Crippen LogP contribution in [-0.4, -0.2) is 27.5 Å². The van der Waals surface area contributed by atoms with Crippen molar-refractivity contribution in [3.05, 3.63) is 114 Å². The van der Waals surface area contributed by atoms with Crippen LogP contribution in [0.5, 0.6) is 11.5 Å². The van der Waals surface area contributed by atoms with Crippen LogP contribution in [0.2, 0.25) is 5.02 Å². The van der Waals surface area contributed by atoms with Crippen molar-refractivity contribution in [2.45, 2.75) is 4.90 Å². The van der Waals surface area contributed by atoms with Gasteiger partial charge in [-0.25, -0.2) is 17.9 Å². The Hall–Kier alpha value is -3.85. The quantitative estimate of drug-likeness (QED) is 0.276. The molecule has 0 radical (unpaired) electrons. The molecule has 9 heteroatoms. The van der Waals surface area contributed by atoms with E-state index in [1.54, 1.807) is 66.7 Å². The van der Waals surface area contributed by atoms with Crippen LogP contribution < -0.4 is 19.7 Å². The molecule has 2 amide bonds. The van der Waals surface area contributed by atoms with Gasteiger partial charge in [0.15, 0.2) is 0 Å². The summed E-state index contributed by atoms with van der Waals surface area (Å²) in [6.45, 7) is 0.0951. The Kier molecular flexibility index (Phi) is 8.22. The minimum Gasteiger partial charge on any atom is -0.457 e. The predicted octanol–water partition coefficient (Wildman–Crippen LogP) is 6.15. The molecule has 0 aromatic heterocycles. The highest BCUT2D eigenvalue weighted by Crippen LogP contribution is 2.25. The zero-order valence-electron chi connectivity index (χ0n) is 19.2. The van der Waals surface area contributed by atoms with Gasteiger partial charge in [-0.3, -0.25) is 4.90 Å². The van der Waals surface area contributed by atoms with Gasteiger partial charge >= 0.3 is 6.03 Å². The van der Waals surface area contributed by atoms with E-state index >= 15 is 0 Å². The number of halogens is 1. The predicted molar refractivity (Wildman–Crippen MR) is 142 cm³/mol. The third-order valence-corrected chi connectivity index (χ3v) is 6.88. The minimum absolute atomic E-state index is 0.00747. The summed E-state index contributed by atoms with van der Waals surface area (Å²) in [5.41, 5.74) is 1.13. The first kappa shape index (κ1) is 25.2. The van der Waals surface area contributed by atoms with Crippen LogP contribution in [-0.2, 0) is 10.0 Å².